The minimum atomic E-state index is -0.0135. The predicted molar refractivity (Wildman–Crippen MR) is 95.6 cm³/mol. The molecule has 7 nitrogen and oxygen atoms in total. The van der Waals surface area contributed by atoms with Crippen molar-refractivity contribution >= 4 is 27.7 Å². The molecule has 25 heavy (non-hydrogen) atoms. The molecule has 0 atom stereocenters. The fraction of sp³-hybridized carbons (Fsp3) is 0.647. The second-order valence-corrected chi connectivity index (χ2v) is 7.26. The van der Waals surface area contributed by atoms with Crippen LogP contribution in [0.5, 0.6) is 0 Å². The summed E-state index contributed by atoms with van der Waals surface area (Å²) >= 11 is 3.44. The van der Waals surface area contributed by atoms with Crippen LogP contribution in [0.3, 0.4) is 0 Å². The van der Waals surface area contributed by atoms with Gasteiger partial charge in [-0.3, -0.25) is 14.5 Å². The lowest BCUT2D eigenvalue weighted by atomic mass is 10.2. The van der Waals surface area contributed by atoms with Crippen molar-refractivity contribution in [1.29, 1.82) is 0 Å². The number of morpholine rings is 1. The lowest BCUT2D eigenvalue weighted by molar-refractivity contribution is -0.136. The van der Waals surface area contributed by atoms with E-state index in [9.17, 15) is 9.59 Å². The van der Waals surface area contributed by atoms with Gasteiger partial charge in [-0.15, -0.1) is 0 Å². The summed E-state index contributed by atoms with van der Waals surface area (Å²) in [4.78, 5) is 30.9. The Morgan fingerprint density at radius 3 is 2.16 bits per heavy atom. The molecule has 2 aliphatic heterocycles. The number of hydrogen-bond donors (Lipinski definition) is 0. The van der Waals surface area contributed by atoms with E-state index in [0.717, 1.165) is 10.2 Å². The number of halogens is 1. The third kappa shape index (κ3) is 4.07. The number of carbonyl (C=O) groups is 2. The Morgan fingerprint density at radius 1 is 0.960 bits per heavy atom. The van der Waals surface area contributed by atoms with Crippen LogP contribution < -0.4 is 0 Å². The van der Waals surface area contributed by atoms with E-state index in [1.54, 1.807) is 0 Å². The number of hydrogen-bond acceptors (Lipinski definition) is 5. The highest BCUT2D eigenvalue weighted by Gasteiger charge is 2.29. The molecule has 2 fully saturated rings. The van der Waals surface area contributed by atoms with Crippen LogP contribution in [-0.2, 0) is 9.53 Å². The maximum atomic E-state index is 12.8. The lowest BCUT2D eigenvalue weighted by Gasteiger charge is -2.36. The molecule has 0 aromatic carbocycles. The molecule has 1 aromatic heterocycles. The largest absolute Gasteiger partial charge is 0.465 e. The molecule has 0 spiro atoms. The topological polar surface area (TPSA) is 66.2 Å². The number of aryl methyl sites for hydroxylation is 2. The summed E-state index contributed by atoms with van der Waals surface area (Å²) in [5, 5.41) is 0. The molecule has 8 heteroatoms. The van der Waals surface area contributed by atoms with E-state index in [0.29, 0.717) is 70.4 Å². The molecule has 0 saturated carbocycles. The van der Waals surface area contributed by atoms with Crippen molar-refractivity contribution in [3.63, 3.8) is 0 Å². The summed E-state index contributed by atoms with van der Waals surface area (Å²) < 4.78 is 11.5. The Kier molecular flexibility index (Phi) is 5.81. The molecule has 2 amide bonds. The zero-order chi connectivity index (χ0) is 18.0. The Morgan fingerprint density at radius 2 is 1.60 bits per heavy atom. The summed E-state index contributed by atoms with van der Waals surface area (Å²) in [6, 6.07) is 0. The van der Waals surface area contributed by atoms with Crippen LogP contribution >= 0.6 is 15.9 Å². The maximum Gasteiger partial charge on any atom is 0.258 e. The average molecular weight is 414 g/mol. The molecule has 1 aromatic rings. The van der Waals surface area contributed by atoms with Crippen molar-refractivity contribution in [2.75, 3.05) is 59.0 Å². The van der Waals surface area contributed by atoms with Gasteiger partial charge in [0.15, 0.2) is 0 Å². The first kappa shape index (κ1) is 18.4. The number of carbonyl (C=O) groups excluding carboxylic acids is 2. The van der Waals surface area contributed by atoms with E-state index in [1.807, 2.05) is 23.6 Å². The van der Waals surface area contributed by atoms with Gasteiger partial charge in [-0.25, -0.2) is 0 Å². The van der Waals surface area contributed by atoms with Gasteiger partial charge < -0.3 is 19.0 Å². The van der Waals surface area contributed by atoms with Crippen LogP contribution in [0, 0.1) is 13.8 Å². The molecule has 138 valence electrons. The number of piperazine rings is 1. The van der Waals surface area contributed by atoms with Gasteiger partial charge in [0.05, 0.1) is 29.8 Å². The van der Waals surface area contributed by atoms with Gasteiger partial charge in [-0.1, -0.05) is 0 Å². The first-order chi connectivity index (χ1) is 12.0. The maximum absolute atomic E-state index is 12.8. The monoisotopic (exact) mass is 413 g/mol. The molecule has 3 heterocycles. The molecule has 0 N–H and O–H groups in total. The molecule has 2 saturated heterocycles. The normalized spacial score (nSPS) is 19.3. The van der Waals surface area contributed by atoms with Gasteiger partial charge in [-0.05, 0) is 29.8 Å². The summed E-state index contributed by atoms with van der Waals surface area (Å²) in [7, 11) is 0. The Hall–Kier alpha value is -1.38. The first-order valence-corrected chi connectivity index (χ1v) is 9.39. The molecule has 0 radical (unpaired) electrons. The smallest absolute Gasteiger partial charge is 0.258 e. The fourth-order valence-corrected chi connectivity index (χ4v) is 3.80. The highest BCUT2D eigenvalue weighted by molar-refractivity contribution is 9.10. The summed E-state index contributed by atoms with van der Waals surface area (Å²) in [6.45, 7) is 9.27. The molecule has 2 aliphatic rings. The molecule has 3 rings (SSSR count). The number of rotatable bonds is 3. The lowest BCUT2D eigenvalue weighted by Crippen LogP contribution is -2.52. The van der Waals surface area contributed by atoms with Crippen LogP contribution in [0.2, 0.25) is 0 Å². The Labute approximate surface area is 156 Å². The highest BCUT2D eigenvalue weighted by Crippen LogP contribution is 2.28. The SMILES string of the molecule is Cc1oc(C)c(C(=O)N2CCN(CC(=O)N3CCOCC3)CC2)c1Br. The third-order valence-corrected chi connectivity index (χ3v) is 5.74. The van der Waals surface area contributed by atoms with Gasteiger partial charge in [0, 0.05) is 39.3 Å². The van der Waals surface area contributed by atoms with Gasteiger partial charge in [0.1, 0.15) is 11.5 Å². The molecule has 0 bridgehead atoms. The zero-order valence-electron chi connectivity index (χ0n) is 14.7. The van der Waals surface area contributed by atoms with Gasteiger partial charge >= 0.3 is 0 Å². The summed E-state index contributed by atoms with van der Waals surface area (Å²) in [6.07, 6.45) is 0. The van der Waals surface area contributed by atoms with E-state index in [4.69, 9.17) is 9.15 Å². The number of furan rings is 1. The van der Waals surface area contributed by atoms with Crippen LogP contribution in [0.4, 0.5) is 0 Å². The van der Waals surface area contributed by atoms with Crippen LogP contribution in [0.1, 0.15) is 21.9 Å². The van der Waals surface area contributed by atoms with E-state index >= 15 is 0 Å². The second kappa shape index (κ2) is 7.88. The van der Waals surface area contributed by atoms with Crippen molar-refractivity contribution in [3.05, 3.63) is 21.6 Å². The fourth-order valence-electron chi connectivity index (χ4n) is 3.27. The van der Waals surface area contributed by atoms with E-state index in [-0.39, 0.29) is 11.8 Å². The van der Waals surface area contributed by atoms with Crippen molar-refractivity contribution in [2.45, 2.75) is 13.8 Å². The van der Waals surface area contributed by atoms with Gasteiger partial charge in [-0.2, -0.15) is 0 Å². The predicted octanol–water partition coefficient (Wildman–Crippen LogP) is 1.28. The van der Waals surface area contributed by atoms with Crippen molar-refractivity contribution < 1.29 is 18.7 Å². The second-order valence-electron chi connectivity index (χ2n) is 6.46. The van der Waals surface area contributed by atoms with Crippen molar-refractivity contribution in [3.8, 4) is 0 Å². The van der Waals surface area contributed by atoms with Gasteiger partial charge in [0.2, 0.25) is 5.91 Å². The minimum Gasteiger partial charge on any atom is -0.465 e. The van der Waals surface area contributed by atoms with E-state index in [2.05, 4.69) is 20.8 Å². The molecular weight excluding hydrogens is 390 g/mol. The third-order valence-electron chi connectivity index (χ3n) is 4.78. The van der Waals surface area contributed by atoms with E-state index in [1.165, 1.54) is 0 Å². The van der Waals surface area contributed by atoms with Crippen LogP contribution in [0.25, 0.3) is 0 Å². The zero-order valence-corrected chi connectivity index (χ0v) is 16.3. The van der Waals surface area contributed by atoms with Crippen LogP contribution in [0.15, 0.2) is 8.89 Å². The van der Waals surface area contributed by atoms with Crippen molar-refractivity contribution in [1.82, 2.24) is 14.7 Å². The summed E-state index contributed by atoms with van der Waals surface area (Å²) in [5.74, 6) is 1.49. The quantitative estimate of drug-likeness (QED) is 0.746. The van der Waals surface area contributed by atoms with Gasteiger partial charge in [0.25, 0.3) is 5.91 Å². The Balaban J connectivity index is 1.53. The van der Waals surface area contributed by atoms with E-state index < -0.39 is 0 Å². The van der Waals surface area contributed by atoms with Crippen LogP contribution in [-0.4, -0.2) is 85.5 Å². The number of nitrogens with zero attached hydrogens (tertiary/aromatic N) is 3. The minimum absolute atomic E-state index is 0.0135. The molecule has 0 aliphatic carbocycles. The Bertz CT molecular complexity index is 647. The number of ether oxygens (including phenoxy) is 1. The summed E-state index contributed by atoms with van der Waals surface area (Å²) in [5.41, 5.74) is 0.607. The first-order valence-electron chi connectivity index (χ1n) is 8.60. The molecule has 0 unspecified atom stereocenters. The molecular formula is C17H24BrN3O4. The standard InChI is InChI=1S/C17H24BrN3O4/c1-12-15(16(18)13(2)25-12)17(23)21-5-3-19(4-6-21)11-14(22)20-7-9-24-10-8-20/h3-11H2,1-2H3. The number of amides is 2. The highest BCUT2D eigenvalue weighted by atomic mass is 79.9. The average Bonchev–Trinajstić information content (AvgIpc) is 2.88. The van der Waals surface area contributed by atoms with Crippen molar-refractivity contribution in [2.24, 2.45) is 0 Å².